The van der Waals surface area contributed by atoms with Gasteiger partial charge in [0.1, 0.15) is 6.33 Å². The number of esters is 1. The second-order valence-electron chi connectivity index (χ2n) is 9.61. The fourth-order valence-electron chi connectivity index (χ4n) is 3.56. The highest BCUT2D eigenvalue weighted by atomic mass is 16.5. The molecule has 0 aliphatic rings. The van der Waals surface area contributed by atoms with Gasteiger partial charge in [-0.05, 0) is 40.5 Å². The highest BCUT2D eigenvalue weighted by molar-refractivity contribution is 5.75. The van der Waals surface area contributed by atoms with Crippen LogP contribution in [0.15, 0.2) is 15.9 Å². The van der Waals surface area contributed by atoms with Crippen LogP contribution in [0, 0.1) is 5.41 Å². The molecule has 0 aliphatic heterocycles. The molecule has 32 heavy (non-hydrogen) atoms. The average molecular weight is 451 g/mol. The number of nitrogens with zero attached hydrogens (tertiary/aromatic N) is 4. The Morgan fingerprint density at radius 2 is 1.69 bits per heavy atom. The number of hydrogen-bond acceptors (Lipinski definition) is 6. The van der Waals surface area contributed by atoms with Crippen molar-refractivity contribution in [3.63, 3.8) is 0 Å². The van der Waals surface area contributed by atoms with Crippen LogP contribution in [-0.4, -0.2) is 35.9 Å². The van der Waals surface area contributed by atoms with E-state index >= 15 is 0 Å². The number of aliphatic hydroxyl groups excluding tert-OH is 1. The second kappa shape index (κ2) is 11.4. The van der Waals surface area contributed by atoms with Crippen molar-refractivity contribution in [2.24, 2.45) is 12.5 Å². The number of carbonyl (C=O) groups excluding carboxylic acids is 1. The van der Waals surface area contributed by atoms with E-state index in [-0.39, 0.29) is 30.0 Å². The molecule has 2 rings (SSSR count). The molecule has 1 N–H and O–H groups in total. The molecule has 0 radical (unpaired) electrons. The summed E-state index contributed by atoms with van der Waals surface area (Å²) >= 11 is 0. The van der Waals surface area contributed by atoms with Gasteiger partial charge in [0.25, 0.3) is 5.56 Å². The molecule has 1 unspecified atom stereocenters. The average Bonchev–Trinajstić information content (AvgIpc) is 3.14. The van der Waals surface area contributed by atoms with E-state index in [1.807, 2.05) is 6.92 Å². The zero-order valence-electron chi connectivity index (χ0n) is 20.1. The smallest absolute Gasteiger partial charge is 0.332 e. The Bertz CT molecular complexity index is 1010. The van der Waals surface area contributed by atoms with Gasteiger partial charge in [0.05, 0.1) is 11.5 Å². The lowest BCUT2D eigenvalue weighted by Crippen LogP contribution is -2.39. The summed E-state index contributed by atoms with van der Waals surface area (Å²) in [5, 5.41) is 9.27. The van der Waals surface area contributed by atoms with Crippen molar-refractivity contribution in [2.75, 3.05) is 0 Å². The third-order valence-corrected chi connectivity index (χ3v) is 5.55. The first-order valence-corrected chi connectivity index (χ1v) is 11.5. The molecular weight excluding hydrogens is 412 g/mol. The van der Waals surface area contributed by atoms with Crippen LogP contribution in [0.2, 0.25) is 0 Å². The summed E-state index contributed by atoms with van der Waals surface area (Å²) in [4.78, 5) is 42.0. The van der Waals surface area contributed by atoms with Crippen molar-refractivity contribution in [1.29, 1.82) is 0 Å². The number of imidazole rings is 1. The number of hydrogen-bond donors (Lipinski definition) is 1. The minimum atomic E-state index is -0.652. The first-order chi connectivity index (χ1) is 15.0. The van der Waals surface area contributed by atoms with Crippen LogP contribution in [0.25, 0.3) is 11.2 Å². The van der Waals surface area contributed by atoms with Gasteiger partial charge >= 0.3 is 11.7 Å². The van der Waals surface area contributed by atoms with Gasteiger partial charge in [-0.1, -0.05) is 38.5 Å². The van der Waals surface area contributed by atoms with Crippen LogP contribution < -0.4 is 11.2 Å². The largest absolute Gasteiger partial charge is 0.443 e. The second-order valence-corrected chi connectivity index (χ2v) is 9.61. The van der Waals surface area contributed by atoms with Gasteiger partial charge in [-0.2, -0.15) is 0 Å². The molecular formula is C23H38N4O5. The number of fused-ring (bicyclic) bond motifs is 1. The lowest BCUT2D eigenvalue weighted by molar-refractivity contribution is -0.156. The molecule has 0 saturated carbocycles. The molecule has 2 aromatic rings. The van der Waals surface area contributed by atoms with Gasteiger partial charge in [-0.15, -0.1) is 0 Å². The minimum absolute atomic E-state index is 0.130. The van der Waals surface area contributed by atoms with E-state index in [1.165, 1.54) is 20.0 Å². The third-order valence-electron chi connectivity index (χ3n) is 5.55. The Morgan fingerprint density at radius 3 is 2.28 bits per heavy atom. The van der Waals surface area contributed by atoms with Gasteiger partial charge in [-0.25, -0.2) is 9.78 Å². The van der Waals surface area contributed by atoms with Crippen LogP contribution in [-0.2, 0) is 29.9 Å². The molecule has 0 spiro atoms. The lowest BCUT2D eigenvalue weighted by Gasteiger charge is -2.17. The summed E-state index contributed by atoms with van der Waals surface area (Å²) in [6.45, 7) is 7.30. The zero-order valence-corrected chi connectivity index (χ0v) is 20.1. The zero-order chi connectivity index (χ0) is 23.9. The Labute approximate surface area is 189 Å². The summed E-state index contributed by atoms with van der Waals surface area (Å²) in [5.74, 6) is -0.379. The van der Waals surface area contributed by atoms with E-state index in [0.29, 0.717) is 6.54 Å². The standard InChI is InChI=1S/C23H38N4O5/c1-17(28)13-11-9-7-6-8-10-12-14-27-20(29)18-19(25(5)22(27)31)24-15-26(18)16-32-21(30)23(2,3)4/h15,17,28H,6-14,16H2,1-5H3. The van der Waals surface area contributed by atoms with E-state index in [4.69, 9.17) is 4.74 Å². The fraction of sp³-hybridized carbons (Fsp3) is 0.739. The molecule has 2 aromatic heterocycles. The van der Waals surface area contributed by atoms with Crippen LogP contribution in [0.5, 0.6) is 0 Å². The van der Waals surface area contributed by atoms with E-state index < -0.39 is 16.7 Å². The molecule has 9 nitrogen and oxygen atoms in total. The number of aryl methyl sites for hydroxylation is 1. The van der Waals surface area contributed by atoms with Crippen molar-refractivity contribution in [1.82, 2.24) is 18.7 Å². The van der Waals surface area contributed by atoms with Crippen molar-refractivity contribution >= 4 is 17.1 Å². The molecule has 0 fully saturated rings. The van der Waals surface area contributed by atoms with Crippen molar-refractivity contribution in [3.8, 4) is 0 Å². The molecule has 0 aromatic carbocycles. The Morgan fingerprint density at radius 1 is 1.09 bits per heavy atom. The predicted molar refractivity (Wildman–Crippen MR) is 123 cm³/mol. The van der Waals surface area contributed by atoms with Gasteiger partial charge in [-0.3, -0.25) is 23.3 Å². The summed E-state index contributed by atoms with van der Waals surface area (Å²) in [5.41, 5.74) is -0.920. The van der Waals surface area contributed by atoms with E-state index in [1.54, 1.807) is 27.8 Å². The molecule has 2 heterocycles. The van der Waals surface area contributed by atoms with Crippen LogP contribution in [0.1, 0.15) is 79.1 Å². The van der Waals surface area contributed by atoms with Gasteiger partial charge in [0.15, 0.2) is 17.9 Å². The molecule has 9 heteroatoms. The van der Waals surface area contributed by atoms with Crippen LogP contribution >= 0.6 is 0 Å². The lowest BCUT2D eigenvalue weighted by atomic mass is 9.98. The van der Waals surface area contributed by atoms with Gasteiger partial charge in [0, 0.05) is 13.6 Å². The molecule has 0 bridgehead atoms. The number of unbranched alkanes of at least 4 members (excludes halogenated alkanes) is 6. The van der Waals surface area contributed by atoms with E-state index in [2.05, 4.69) is 4.98 Å². The summed E-state index contributed by atoms with van der Waals surface area (Å²) in [6, 6.07) is 0. The highest BCUT2D eigenvalue weighted by Gasteiger charge is 2.24. The monoisotopic (exact) mass is 450 g/mol. The number of aliphatic hydroxyl groups is 1. The van der Waals surface area contributed by atoms with E-state index in [0.717, 1.165) is 51.4 Å². The predicted octanol–water partition coefficient (Wildman–Crippen LogP) is 2.95. The maximum Gasteiger partial charge on any atom is 0.332 e. The molecule has 0 saturated heterocycles. The first-order valence-electron chi connectivity index (χ1n) is 11.5. The molecule has 1 atom stereocenters. The molecule has 0 amide bonds. The van der Waals surface area contributed by atoms with Crippen LogP contribution in [0.3, 0.4) is 0 Å². The van der Waals surface area contributed by atoms with E-state index in [9.17, 15) is 19.5 Å². The van der Waals surface area contributed by atoms with Crippen molar-refractivity contribution in [2.45, 2.75) is 98.4 Å². The number of rotatable bonds is 12. The number of aromatic nitrogens is 4. The summed E-state index contributed by atoms with van der Waals surface area (Å²) in [6.07, 6.45) is 9.16. The van der Waals surface area contributed by atoms with Crippen molar-refractivity contribution in [3.05, 3.63) is 27.2 Å². The minimum Gasteiger partial charge on any atom is -0.443 e. The maximum atomic E-state index is 13.0. The first kappa shape index (κ1) is 25.8. The maximum absolute atomic E-state index is 13.0. The molecule has 0 aliphatic carbocycles. The SMILES string of the molecule is CC(O)CCCCCCCCCn1c(=O)c2c(ncn2COC(=O)C(C)(C)C)n(C)c1=O. The van der Waals surface area contributed by atoms with Gasteiger partial charge < -0.3 is 9.84 Å². The summed E-state index contributed by atoms with van der Waals surface area (Å²) < 4.78 is 9.41. The Kier molecular flexibility index (Phi) is 9.24. The highest BCUT2D eigenvalue weighted by Crippen LogP contribution is 2.16. The topological polar surface area (TPSA) is 108 Å². The summed E-state index contributed by atoms with van der Waals surface area (Å²) in [7, 11) is 1.59. The normalized spacial score (nSPS) is 12.9. The number of ether oxygens (including phenoxy) is 1. The Balaban J connectivity index is 1.99. The van der Waals surface area contributed by atoms with Gasteiger partial charge in [0.2, 0.25) is 0 Å². The Hall–Kier alpha value is -2.42. The number of carbonyl (C=O) groups is 1. The third kappa shape index (κ3) is 6.79. The molecule has 180 valence electrons. The fourth-order valence-corrected chi connectivity index (χ4v) is 3.56. The van der Waals surface area contributed by atoms with Crippen LogP contribution in [0.4, 0.5) is 0 Å². The van der Waals surface area contributed by atoms with Crippen molar-refractivity contribution < 1.29 is 14.6 Å². The quantitative estimate of drug-likeness (QED) is 0.393.